The van der Waals surface area contributed by atoms with Gasteiger partial charge >= 0.3 is 0 Å². The highest BCUT2D eigenvalue weighted by Crippen LogP contribution is 2.20. The highest BCUT2D eigenvalue weighted by Gasteiger charge is 2.15. The first-order valence-electron chi connectivity index (χ1n) is 6.35. The summed E-state index contributed by atoms with van der Waals surface area (Å²) >= 11 is 0. The fourth-order valence-corrected chi connectivity index (χ4v) is 2.36. The summed E-state index contributed by atoms with van der Waals surface area (Å²) in [6, 6.07) is 10.7. The van der Waals surface area contributed by atoms with Gasteiger partial charge < -0.3 is 0 Å². The summed E-state index contributed by atoms with van der Waals surface area (Å²) < 4.78 is 14.8. The number of fused-ring (bicyclic) bond motifs is 1. The van der Waals surface area contributed by atoms with E-state index in [9.17, 15) is 14.0 Å². The van der Waals surface area contributed by atoms with Crippen LogP contribution in [-0.2, 0) is 0 Å². The third kappa shape index (κ3) is 2.12. The molecule has 104 valence electrons. The summed E-state index contributed by atoms with van der Waals surface area (Å²) in [5, 5.41) is 0. The second-order valence-corrected chi connectivity index (χ2v) is 4.67. The van der Waals surface area contributed by atoms with Gasteiger partial charge in [0.2, 0.25) is 0 Å². The van der Waals surface area contributed by atoms with Crippen LogP contribution in [0.1, 0.15) is 16.2 Å². The first-order chi connectivity index (χ1) is 10.1. The summed E-state index contributed by atoms with van der Waals surface area (Å²) in [5.41, 5.74) is 1.16. The summed E-state index contributed by atoms with van der Waals surface area (Å²) in [5.74, 6) is -0.473. The normalized spacial score (nSPS) is 10.8. The lowest BCUT2D eigenvalue weighted by atomic mass is 10.1. The molecule has 0 amide bonds. The molecule has 0 saturated carbocycles. The maximum absolute atomic E-state index is 13.4. The van der Waals surface area contributed by atoms with Crippen LogP contribution in [0.3, 0.4) is 0 Å². The van der Waals surface area contributed by atoms with E-state index in [0.29, 0.717) is 23.2 Å². The Hall–Kier alpha value is -2.82. The van der Waals surface area contributed by atoms with Crippen molar-refractivity contribution in [2.24, 2.45) is 0 Å². The van der Waals surface area contributed by atoms with E-state index in [-0.39, 0.29) is 16.8 Å². The Morgan fingerprint density at radius 2 is 1.95 bits per heavy atom. The number of aldehydes is 1. The summed E-state index contributed by atoms with van der Waals surface area (Å²) in [6.45, 7) is 1.77. The minimum atomic E-state index is -0.473. The van der Waals surface area contributed by atoms with Crippen molar-refractivity contribution in [3.8, 4) is 11.1 Å². The molecule has 0 radical (unpaired) electrons. The summed E-state index contributed by atoms with van der Waals surface area (Å²) in [4.78, 5) is 28.1. The molecular weight excluding hydrogens is 271 g/mol. The van der Waals surface area contributed by atoms with Crippen molar-refractivity contribution >= 4 is 11.9 Å². The quantitative estimate of drug-likeness (QED) is 0.679. The van der Waals surface area contributed by atoms with E-state index in [4.69, 9.17) is 0 Å². The third-order valence-corrected chi connectivity index (χ3v) is 3.30. The molecule has 0 unspecified atom stereocenters. The average molecular weight is 282 g/mol. The maximum atomic E-state index is 13.4. The zero-order valence-corrected chi connectivity index (χ0v) is 11.2. The molecule has 5 heteroatoms. The monoisotopic (exact) mass is 282 g/mol. The Labute approximate surface area is 119 Å². The van der Waals surface area contributed by atoms with Gasteiger partial charge in [-0.25, -0.2) is 9.37 Å². The van der Waals surface area contributed by atoms with Gasteiger partial charge in [0.15, 0.2) is 6.29 Å². The molecule has 0 atom stereocenters. The molecule has 0 aliphatic rings. The van der Waals surface area contributed by atoms with E-state index >= 15 is 0 Å². The van der Waals surface area contributed by atoms with Gasteiger partial charge in [-0.15, -0.1) is 0 Å². The molecule has 0 aliphatic carbocycles. The Morgan fingerprint density at radius 3 is 2.67 bits per heavy atom. The van der Waals surface area contributed by atoms with Gasteiger partial charge in [-0.05, 0) is 36.8 Å². The number of carbonyl (C=O) groups excluding carboxylic acids is 1. The first-order valence-corrected chi connectivity index (χ1v) is 6.35. The number of benzene rings is 1. The van der Waals surface area contributed by atoms with E-state index < -0.39 is 5.82 Å². The van der Waals surface area contributed by atoms with Gasteiger partial charge in [0.1, 0.15) is 17.2 Å². The molecule has 0 spiro atoms. The number of halogens is 1. The Balaban J connectivity index is 2.47. The molecular formula is C16H11FN2O2. The average Bonchev–Trinajstić information content (AvgIpc) is 2.46. The number of carbonyl (C=O) groups is 1. The van der Waals surface area contributed by atoms with Gasteiger partial charge in [0, 0.05) is 5.69 Å². The maximum Gasteiger partial charge on any atom is 0.266 e. The van der Waals surface area contributed by atoms with Crippen molar-refractivity contribution < 1.29 is 9.18 Å². The lowest BCUT2D eigenvalue weighted by molar-refractivity contribution is 0.111. The van der Waals surface area contributed by atoms with Crippen LogP contribution in [0, 0.1) is 12.7 Å². The number of pyridine rings is 1. The van der Waals surface area contributed by atoms with E-state index in [1.54, 1.807) is 31.2 Å². The molecule has 0 saturated heterocycles. The van der Waals surface area contributed by atoms with Gasteiger partial charge in [0.25, 0.3) is 5.56 Å². The molecule has 0 aliphatic heterocycles. The Morgan fingerprint density at radius 1 is 1.19 bits per heavy atom. The van der Waals surface area contributed by atoms with Crippen LogP contribution in [0.5, 0.6) is 0 Å². The SMILES string of the molecule is Cc1cccc2nc(C=O)c(-c3cccc(F)c3)c(=O)n12. The molecule has 4 nitrogen and oxygen atoms in total. The Bertz CT molecular complexity index is 916. The smallest absolute Gasteiger partial charge is 0.266 e. The standard InChI is InChI=1S/C16H11FN2O2/c1-10-4-2-7-14-18-13(9-20)15(16(21)19(10)14)11-5-3-6-12(17)8-11/h2-9H,1H3. The lowest BCUT2D eigenvalue weighted by Crippen LogP contribution is -2.21. The van der Waals surface area contributed by atoms with E-state index in [0.717, 1.165) is 0 Å². The minimum absolute atomic E-state index is 0.0104. The minimum Gasteiger partial charge on any atom is -0.296 e. The van der Waals surface area contributed by atoms with Crippen molar-refractivity contribution in [1.29, 1.82) is 0 Å². The predicted molar refractivity (Wildman–Crippen MR) is 77.0 cm³/mol. The van der Waals surface area contributed by atoms with Crippen LogP contribution >= 0.6 is 0 Å². The summed E-state index contributed by atoms with van der Waals surface area (Å²) in [6.07, 6.45) is 0.518. The number of aromatic nitrogens is 2. The fourth-order valence-electron chi connectivity index (χ4n) is 2.36. The molecule has 2 aromatic heterocycles. The fraction of sp³-hybridized carbons (Fsp3) is 0.0625. The zero-order valence-electron chi connectivity index (χ0n) is 11.2. The molecule has 3 rings (SSSR count). The van der Waals surface area contributed by atoms with E-state index in [1.807, 2.05) is 0 Å². The van der Waals surface area contributed by atoms with Crippen LogP contribution in [0.25, 0.3) is 16.8 Å². The molecule has 0 N–H and O–H groups in total. The number of hydrogen-bond acceptors (Lipinski definition) is 3. The van der Waals surface area contributed by atoms with E-state index in [2.05, 4.69) is 4.98 Å². The molecule has 3 aromatic rings. The molecule has 0 fully saturated rings. The van der Waals surface area contributed by atoms with Crippen LogP contribution in [-0.4, -0.2) is 15.7 Å². The first kappa shape index (κ1) is 13.2. The number of rotatable bonds is 2. The van der Waals surface area contributed by atoms with Gasteiger partial charge in [-0.1, -0.05) is 18.2 Å². The van der Waals surface area contributed by atoms with Crippen molar-refractivity contribution in [2.45, 2.75) is 6.92 Å². The second-order valence-electron chi connectivity index (χ2n) is 4.67. The highest BCUT2D eigenvalue weighted by atomic mass is 19.1. The van der Waals surface area contributed by atoms with Crippen molar-refractivity contribution in [2.75, 3.05) is 0 Å². The number of hydrogen-bond donors (Lipinski definition) is 0. The van der Waals surface area contributed by atoms with Crippen molar-refractivity contribution in [3.63, 3.8) is 0 Å². The van der Waals surface area contributed by atoms with E-state index in [1.165, 1.54) is 22.6 Å². The molecule has 0 bridgehead atoms. The van der Waals surface area contributed by atoms with Gasteiger partial charge in [0.05, 0.1) is 5.56 Å². The second kappa shape index (κ2) is 4.94. The van der Waals surface area contributed by atoms with Crippen molar-refractivity contribution in [1.82, 2.24) is 9.38 Å². The molecule has 2 heterocycles. The van der Waals surface area contributed by atoms with Gasteiger partial charge in [-0.3, -0.25) is 14.0 Å². The topological polar surface area (TPSA) is 51.4 Å². The molecule has 21 heavy (non-hydrogen) atoms. The largest absolute Gasteiger partial charge is 0.296 e. The third-order valence-electron chi connectivity index (χ3n) is 3.30. The summed E-state index contributed by atoms with van der Waals surface area (Å²) in [7, 11) is 0. The predicted octanol–water partition coefficient (Wildman–Crippen LogP) is 2.62. The van der Waals surface area contributed by atoms with Crippen molar-refractivity contribution in [3.05, 3.63) is 70.0 Å². The number of nitrogens with zero attached hydrogens (tertiary/aromatic N) is 2. The Kier molecular flexibility index (Phi) is 3.10. The van der Waals surface area contributed by atoms with Crippen LogP contribution in [0.15, 0.2) is 47.3 Å². The molecule has 1 aromatic carbocycles. The number of aryl methyl sites for hydroxylation is 1. The van der Waals surface area contributed by atoms with Crippen LogP contribution in [0.4, 0.5) is 4.39 Å². The van der Waals surface area contributed by atoms with Gasteiger partial charge in [-0.2, -0.15) is 0 Å². The zero-order chi connectivity index (χ0) is 15.0. The van der Waals surface area contributed by atoms with Crippen LogP contribution < -0.4 is 5.56 Å². The lowest BCUT2D eigenvalue weighted by Gasteiger charge is -2.09. The highest BCUT2D eigenvalue weighted by molar-refractivity contribution is 5.85. The van der Waals surface area contributed by atoms with Crippen LogP contribution in [0.2, 0.25) is 0 Å².